The normalized spacial score (nSPS) is 17.5. The van der Waals surface area contributed by atoms with Crippen molar-refractivity contribution in [1.29, 1.82) is 0 Å². The summed E-state index contributed by atoms with van der Waals surface area (Å²) in [5, 5.41) is 3.33. The van der Waals surface area contributed by atoms with Gasteiger partial charge in [0.15, 0.2) is 0 Å². The highest BCUT2D eigenvalue weighted by Gasteiger charge is 2.24. The number of piperazine rings is 1. The Kier molecular flexibility index (Phi) is 5.43. The Balaban J connectivity index is 1.75. The summed E-state index contributed by atoms with van der Waals surface area (Å²) in [4.78, 5) is 21.1. The molecule has 1 atom stereocenters. The molecule has 1 fully saturated rings. The summed E-state index contributed by atoms with van der Waals surface area (Å²) in [6.07, 6.45) is 3.62. The van der Waals surface area contributed by atoms with Gasteiger partial charge in [0.2, 0.25) is 5.91 Å². The Labute approximate surface area is 143 Å². The molecule has 0 aliphatic carbocycles. The maximum Gasteiger partial charge on any atom is 0.242 e. The summed E-state index contributed by atoms with van der Waals surface area (Å²) in [5.74, 6) is 0.178. The van der Waals surface area contributed by atoms with E-state index in [0.29, 0.717) is 13.1 Å². The van der Waals surface area contributed by atoms with E-state index in [-0.39, 0.29) is 11.9 Å². The van der Waals surface area contributed by atoms with Gasteiger partial charge < -0.3 is 15.1 Å². The van der Waals surface area contributed by atoms with E-state index in [1.165, 1.54) is 0 Å². The Morgan fingerprint density at radius 2 is 2.12 bits per heavy atom. The lowest BCUT2D eigenvalue weighted by Gasteiger charge is -2.36. The third kappa shape index (κ3) is 4.11. The van der Waals surface area contributed by atoms with Crippen molar-refractivity contribution in [2.24, 2.45) is 0 Å². The molecule has 3 rings (SSSR count). The number of amides is 1. The first-order chi connectivity index (χ1) is 11.7. The van der Waals surface area contributed by atoms with E-state index in [9.17, 15) is 4.79 Å². The molecule has 0 unspecified atom stereocenters. The highest BCUT2D eigenvalue weighted by molar-refractivity contribution is 5.82. The van der Waals surface area contributed by atoms with E-state index in [1.54, 1.807) is 6.20 Å². The minimum absolute atomic E-state index is 0.178. The number of carbonyl (C=O) groups is 1. The number of hydrogen-bond donors (Lipinski definition) is 1. The number of aromatic nitrogens is 1. The lowest BCUT2D eigenvalue weighted by atomic mass is 10.2. The molecule has 1 aliphatic rings. The van der Waals surface area contributed by atoms with Crippen LogP contribution in [0.15, 0.2) is 54.9 Å². The first kappa shape index (κ1) is 16.5. The topological polar surface area (TPSA) is 48.5 Å². The fourth-order valence-electron chi connectivity index (χ4n) is 3.05. The van der Waals surface area contributed by atoms with Crippen molar-refractivity contribution >= 4 is 11.6 Å². The lowest BCUT2D eigenvalue weighted by molar-refractivity contribution is -0.132. The number of para-hydroxylation sites is 1. The van der Waals surface area contributed by atoms with Gasteiger partial charge in [-0.25, -0.2) is 0 Å². The van der Waals surface area contributed by atoms with Crippen molar-refractivity contribution in [2.75, 3.05) is 31.1 Å². The molecule has 24 heavy (non-hydrogen) atoms. The number of hydrogen-bond acceptors (Lipinski definition) is 4. The van der Waals surface area contributed by atoms with Crippen molar-refractivity contribution in [3.63, 3.8) is 0 Å². The van der Waals surface area contributed by atoms with Crippen molar-refractivity contribution in [1.82, 2.24) is 15.2 Å². The summed E-state index contributed by atoms with van der Waals surface area (Å²) in [6, 6.07) is 14.3. The summed E-state index contributed by atoms with van der Waals surface area (Å²) in [5.41, 5.74) is 2.15. The van der Waals surface area contributed by atoms with Gasteiger partial charge in [-0.15, -0.1) is 0 Å². The summed E-state index contributed by atoms with van der Waals surface area (Å²) in [6.45, 7) is 5.64. The Hall–Kier alpha value is -2.40. The quantitative estimate of drug-likeness (QED) is 0.913. The van der Waals surface area contributed by atoms with Crippen LogP contribution in [0, 0.1) is 0 Å². The van der Waals surface area contributed by atoms with Crippen LogP contribution in [0.25, 0.3) is 0 Å². The summed E-state index contributed by atoms with van der Waals surface area (Å²) >= 11 is 0. The fraction of sp³-hybridized carbons (Fsp3) is 0.368. The van der Waals surface area contributed by atoms with Gasteiger partial charge in [0, 0.05) is 50.3 Å². The zero-order valence-corrected chi connectivity index (χ0v) is 14.1. The minimum Gasteiger partial charge on any atom is -0.358 e. The highest BCUT2D eigenvalue weighted by Crippen LogP contribution is 2.17. The standard InChI is InChI=1S/C19H24N4O/c1-16-12-21-10-11-23(16)19(24)15-22(18-7-3-2-4-8-18)14-17-6-5-9-20-13-17/h2-9,13,16,21H,10-12,14-15H2,1H3/t16-/m0/s1. The van der Waals surface area contributed by atoms with Crippen molar-refractivity contribution in [2.45, 2.75) is 19.5 Å². The van der Waals surface area contributed by atoms with E-state index in [2.05, 4.69) is 22.1 Å². The van der Waals surface area contributed by atoms with Gasteiger partial charge in [-0.2, -0.15) is 0 Å². The van der Waals surface area contributed by atoms with Crippen LogP contribution in [0.3, 0.4) is 0 Å². The molecule has 1 N–H and O–H groups in total. The van der Waals surface area contributed by atoms with Crippen LogP contribution in [0.1, 0.15) is 12.5 Å². The largest absolute Gasteiger partial charge is 0.358 e. The van der Waals surface area contributed by atoms with Crippen LogP contribution >= 0.6 is 0 Å². The van der Waals surface area contributed by atoms with Gasteiger partial charge >= 0.3 is 0 Å². The third-order valence-electron chi connectivity index (χ3n) is 4.37. The number of anilines is 1. The molecular formula is C19H24N4O. The second-order valence-electron chi connectivity index (χ2n) is 6.19. The molecule has 1 amide bonds. The van der Waals surface area contributed by atoms with Crippen LogP contribution in [0.4, 0.5) is 5.69 Å². The van der Waals surface area contributed by atoms with E-state index in [1.807, 2.05) is 53.6 Å². The molecule has 2 aromatic rings. The summed E-state index contributed by atoms with van der Waals surface area (Å²) < 4.78 is 0. The Bertz CT molecular complexity index is 647. The van der Waals surface area contributed by atoms with Gasteiger partial charge in [-0.1, -0.05) is 24.3 Å². The molecule has 0 saturated carbocycles. The highest BCUT2D eigenvalue weighted by atomic mass is 16.2. The molecule has 1 aromatic heterocycles. The first-order valence-corrected chi connectivity index (χ1v) is 8.43. The average molecular weight is 324 g/mol. The maximum atomic E-state index is 12.8. The molecular weight excluding hydrogens is 300 g/mol. The van der Waals surface area contributed by atoms with Crippen LogP contribution in [0.5, 0.6) is 0 Å². The molecule has 1 aromatic carbocycles. The average Bonchev–Trinajstić information content (AvgIpc) is 2.63. The number of benzene rings is 1. The fourth-order valence-corrected chi connectivity index (χ4v) is 3.05. The van der Waals surface area contributed by atoms with Crippen molar-refractivity contribution in [3.8, 4) is 0 Å². The van der Waals surface area contributed by atoms with Gasteiger partial charge in [-0.05, 0) is 30.7 Å². The predicted octanol–water partition coefficient (Wildman–Crippen LogP) is 1.91. The molecule has 5 heteroatoms. The zero-order valence-electron chi connectivity index (χ0n) is 14.1. The lowest BCUT2D eigenvalue weighted by Crippen LogP contribution is -2.54. The second-order valence-corrected chi connectivity index (χ2v) is 6.19. The first-order valence-electron chi connectivity index (χ1n) is 8.43. The Morgan fingerprint density at radius 1 is 1.29 bits per heavy atom. The maximum absolute atomic E-state index is 12.8. The van der Waals surface area contributed by atoms with Crippen LogP contribution in [-0.4, -0.2) is 48.0 Å². The third-order valence-corrected chi connectivity index (χ3v) is 4.37. The van der Waals surface area contributed by atoms with Gasteiger partial charge in [-0.3, -0.25) is 9.78 Å². The smallest absolute Gasteiger partial charge is 0.242 e. The van der Waals surface area contributed by atoms with E-state index in [4.69, 9.17) is 0 Å². The van der Waals surface area contributed by atoms with E-state index < -0.39 is 0 Å². The van der Waals surface area contributed by atoms with Crippen molar-refractivity contribution in [3.05, 3.63) is 60.4 Å². The van der Waals surface area contributed by atoms with E-state index in [0.717, 1.165) is 30.9 Å². The SMILES string of the molecule is C[C@H]1CNCCN1C(=O)CN(Cc1cccnc1)c1ccccc1. The molecule has 0 spiro atoms. The van der Waals surface area contributed by atoms with Gasteiger partial charge in [0.1, 0.15) is 0 Å². The van der Waals surface area contributed by atoms with Crippen LogP contribution < -0.4 is 10.2 Å². The number of nitrogens with zero attached hydrogens (tertiary/aromatic N) is 3. The second kappa shape index (κ2) is 7.93. The number of pyridine rings is 1. The van der Waals surface area contributed by atoms with Crippen LogP contribution in [0.2, 0.25) is 0 Å². The predicted molar refractivity (Wildman–Crippen MR) is 95.8 cm³/mol. The van der Waals surface area contributed by atoms with Crippen molar-refractivity contribution < 1.29 is 4.79 Å². The van der Waals surface area contributed by atoms with Crippen LogP contribution in [-0.2, 0) is 11.3 Å². The van der Waals surface area contributed by atoms with E-state index >= 15 is 0 Å². The Morgan fingerprint density at radius 3 is 2.83 bits per heavy atom. The molecule has 0 radical (unpaired) electrons. The summed E-state index contributed by atoms with van der Waals surface area (Å²) in [7, 11) is 0. The van der Waals surface area contributed by atoms with Gasteiger partial charge in [0.25, 0.3) is 0 Å². The molecule has 1 saturated heterocycles. The number of carbonyl (C=O) groups excluding carboxylic acids is 1. The molecule has 126 valence electrons. The molecule has 0 bridgehead atoms. The number of nitrogens with one attached hydrogen (secondary N) is 1. The molecule has 1 aliphatic heterocycles. The number of rotatable bonds is 5. The van der Waals surface area contributed by atoms with Gasteiger partial charge in [0.05, 0.1) is 6.54 Å². The minimum atomic E-state index is 0.178. The monoisotopic (exact) mass is 324 g/mol. The zero-order chi connectivity index (χ0) is 16.8. The molecule has 5 nitrogen and oxygen atoms in total. The molecule has 2 heterocycles.